The predicted octanol–water partition coefficient (Wildman–Crippen LogP) is 4.47. The number of carbonyl (C=O) groups is 2. The Hall–Kier alpha value is -2.47. The Balaban J connectivity index is 1.55. The Labute approximate surface area is 163 Å². The van der Waals surface area contributed by atoms with Crippen LogP contribution < -0.4 is 5.32 Å². The van der Waals surface area contributed by atoms with Crippen molar-refractivity contribution in [2.75, 3.05) is 5.32 Å². The van der Waals surface area contributed by atoms with Crippen molar-refractivity contribution in [2.24, 2.45) is 0 Å². The minimum atomic E-state index is -0.494. The second-order valence-corrected chi connectivity index (χ2v) is 7.93. The van der Waals surface area contributed by atoms with Gasteiger partial charge in [0, 0.05) is 23.7 Å². The Kier molecular flexibility index (Phi) is 5.07. The average molecular weight is 382 g/mol. The van der Waals surface area contributed by atoms with Crippen LogP contribution in [0.15, 0.2) is 35.9 Å². The Morgan fingerprint density at radius 3 is 2.96 bits per heavy atom. The van der Waals surface area contributed by atoms with Crippen molar-refractivity contribution in [3.05, 3.63) is 52.5 Å². The SMILES string of the molecule is CC[C@H](C(=O)Nc1nccs1)N1Cc2ccc(C3=CCCCC3)cc2C1=O. The molecule has 4 rings (SSSR count). The highest BCUT2D eigenvalue weighted by Gasteiger charge is 2.35. The van der Waals surface area contributed by atoms with Crippen LogP contribution in [-0.4, -0.2) is 27.7 Å². The Morgan fingerprint density at radius 2 is 2.26 bits per heavy atom. The van der Waals surface area contributed by atoms with Gasteiger partial charge in [0.25, 0.3) is 5.91 Å². The molecule has 0 spiro atoms. The zero-order valence-electron chi connectivity index (χ0n) is 15.4. The van der Waals surface area contributed by atoms with Crippen molar-refractivity contribution in [1.82, 2.24) is 9.88 Å². The highest BCUT2D eigenvalue weighted by atomic mass is 32.1. The number of fused-ring (bicyclic) bond motifs is 1. The molecule has 1 aromatic heterocycles. The number of hydrogen-bond acceptors (Lipinski definition) is 4. The van der Waals surface area contributed by atoms with Crippen LogP contribution in [0.1, 0.15) is 60.5 Å². The van der Waals surface area contributed by atoms with Gasteiger partial charge in [-0.2, -0.15) is 0 Å². The first-order chi connectivity index (χ1) is 13.2. The number of amides is 2. The fraction of sp³-hybridized carbons (Fsp3) is 0.381. The third-order valence-corrected chi connectivity index (χ3v) is 6.02. The van der Waals surface area contributed by atoms with E-state index in [0.29, 0.717) is 18.1 Å². The fourth-order valence-electron chi connectivity index (χ4n) is 3.90. The van der Waals surface area contributed by atoms with Crippen LogP contribution in [0.5, 0.6) is 0 Å². The van der Waals surface area contributed by atoms with Gasteiger partial charge in [-0.25, -0.2) is 4.98 Å². The summed E-state index contributed by atoms with van der Waals surface area (Å²) in [5.74, 6) is -0.229. The maximum Gasteiger partial charge on any atom is 0.255 e. The fourth-order valence-corrected chi connectivity index (χ4v) is 4.43. The van der Waals surface area contributed by atoms with Crippen LogP contribution in [0.2, 0.25) is 0 Å². The lowest BCUT2D eigenvalue weighted by Crippen LogP contribution is -2.43. The summed E-state index contributed by atoms with van der Waals surface area (Å²) < 4.78 is 0. The van der Waals surface area contributed by atoms with Gasteiger partial charge in [0.1, 0.15) is 6.04 Å². The van der Waals surface area contributed by atoms with Crippen LogP contribution in [0, 0.1) is 0 Å². The van der Waals surface area contributed by atoms with Gasteiger partial charge in [-0.15, -0.1) is 11.3 Å². The zero-order chi connectivity index (χ0) is 18.8. The molecular weight excluding hydrogens is 358 g/mol. The predicted molar refractivity (Wildman–Crippen MR) is 108 cm³/mol. The summed E-state index contributed by atoms with van der Waals surface area (Å²) >= 11 is 1.37. The molecule has 1 atom stereocenters. The van der Waals surface area contributed by atoms with Gasteiger partial charge in [-0.05, 0) is 54.9 Å². The number of aromatic nitrogens is 1. The standard InChI is InChI=1S/C21H23N3O2S/c1-2-18(19(25)23-21-22-10-11-27-21)24-13-16-9-8-15(12-17(16)20(24)26)14-6-4-3-5-7-14/h6,8-12,18H,2-5,7,13H2,1H3,(H,22,23,25)/t18-/m1/s1. The summed E-state index contributed by atoms with van der Waals surface area (Å²) in [6.07, 6.45) is 9.14. The highest BCUT2D eigenvalue weighted by Crippen LogP contribution is 2.32. The van der Waals surface area contributed by atoms with Gasteiger partial charge in [0.2, 0.25) is 5.91 Å². The lowest BCUT2D eigenvalue weighted by molar-refractivity contribution is -0.120. The number of rotatable bonds is 5. The molecule has 0 saturated carbocycles. The van der Waals surface area contributed by atoms with Crippen molar-refractivity contribution >= 4 is 33.9 Å². The molecule has 1 aliphatic carbocycles. The summed E-state index contributed by atoms with van der Waals surface area (Å²) in [7, 11) is 0. The van der Waals surface area contributed by atoms with E-state index in [2.05, 4.69) is 22.4 Å². The minimum Gasteiger partial charge on any atom is -0.322 e. The maximum atomic E-state index is 13.1. The number of hydrogen-bond donors (Lipinski definition) is 1. The summed E-state index contributed by atoms with van der Waals surface area (Å²) in [6.45, 7) is 2.41. The summed E-state index contributed by atoms with van der Waals surface area (Å²) in [5.41, 5.74) is 4.22. The van der Waals surface area contributed by atoms with Crippen molar-refractivity contribution in [3.8, 4) is 0 Å². The first-order valence-corrected chi connectivity index (χ1v) is 10.4. The molecule has 140 valence electrons. The molecule has 1 N–H and O–H groups in total. The van der Waals surface area contributed by atoms with Gasteiger partial charge in [-0.1, -0.05) is 25.1 Å². The summed E-state index contributed by atoms with van der Waals surface area (Å²) in [6, 6.07) is 5.68. The minimum absolute atomic E-state index is 0.0515. The van der Waals surface area contributed by atoms with Crippen molar-refractivity contribution in [1.29, 1.82) is 0 Å². The number of allylic oxidation sites excluding steroid dienone is 2. The van der Waals surface area contributed by atoms with Crippen molar-refractivity contribution < 1.29 is 9.59 Å². The van der Waals surface area contributed by atoms with Crippen LogP contribution in [0.3, 0.4) is 0 Å². The second kappa shape index (κ2) is 7.64. The topological polar surface area (TPSA) is 62.3 Å². The first-order valence-electron chi connectivity index (χ1n) is 9.51. The number of nitrogens with zero attached hydrogens (tertiary/aromatic N) is 2. The first kappa shape index (κ1) is 17.9. The molecule has 2 aromatic rings. The molecular formula is C21H23N3O2S. The number of benzene rings is 1. The van der Waals surface area contributed by atoms with E-state index in [9.17, 15) is 9.59 Å². The van der Waals surface area contributed by atoms with Gasteiger partial charge >= 0.3 is 0 Å². The van der Waals surface area contributed by atoms with E-state index < -0.39 is 6.04 Å². The molecule has 5 nitrogen and oxygen atoms in total. The van der Waals surface area contributed by atoms with Gasteiger partial charge in [-0.3, -0.25) is 9.59 Å². The number of anilines is 1. The van der Waals surface area contributed by atoms with Crippen LogP contribution >= 0.6 is 11.3 Å². The normalized spacial score (nSPS) is 17.4. The molecule has 2 heterocycles. The lowest BCUT2D eigenvalue weighted by atomic mass is 9.92. The van der Waals surface area contributed by atoms with E-state index in [-0.39, 0.29) is 11.8 Å². The van der Waals surface area contributed by atoms with Gasteiger partial charge < -0.3 is 10.2 Å². The Morgan fingerprint density at radius 1 is 1.37 bits per heavy atom. The molecule has 2 amide bonds. The highest BCUT2D eigenvalue weighted by molar-refractivity contribution is 7.13. The van der Waals surface area contributed by atoms with E-state index in [1.54, 1.807) is 11.1 Å². The quantitative estimate of drug-likeness (QED) is 0.831. The van der Waals surface area contributed by atoms with Gasteiger partial charge in [0.05, 0.1) is 0 Å². The molecule has 1 aromatic carbocycles. The van der Waals surface area contributed by atoms with E-state index in [1.165, 1.54) is 29.8 Å². The van der Waals surface area contributed by atoms with Crippen LogP contribution in [-0.2, 0) is 11.3 Å². The third-order valence-electron chi connectivity index (χ3n) is 5.33. The molecule has 0 saturated heterocycles. The van der Waals surface area contributed by atoms with E-state index in [4.69, 9.17) is 0 Å². The molecule has 6 heteroatoms. The van der Waals surface area contributed by atoms with E-state index in [0.717, 1.165) is 29.5 Å². The van der Waals surface area contributed by atoms with Crippen LogP contribution in [0.25, 0.3) is 5.57 Å². The van der Waals surface area contributed by atoms with E-state index in [1.807, 2.05) is 24.4 Å². The van der Waals surface area contributed by atoms with Crippen molar-refractivity contribution in [2.45, 2.75) is 51.6 Å². The molecule has 2 aliphatic rings. The summed E-state index contributed by atoms with van der Waals surface area (Å²) in [5, 5.41) is 5.20. The average Bonchev–Trinajstić information content (AvgIpc) is 3.31. The largest absolute Gasteiger partial charge is 0.322 e. The summed E-state index contributed by atoms with van der Waals surface area (Å²) in [4.78, 5) is 31.5. The number of nitrogens with one attached hydrogen (secondary N) is 1. The van der Waals surface area contributed by atoms with E-state index >= 15 is 0 Å². The second-order valence-electron chi connectivity index (χ2n) is 7.03. The zero-order valence-corrected chi connectivity index (χ0v) is 16.2. The number of carbonyl (C=O) groups excluding carboxylic acids is 2. The monoisotopic (exact) mass is 381 g/mol. The van der Waals surface area contributed by atoms with Crippen molar-refractivity contribution in [3.63, 3.8) is 0 Å². The third kappa shape index (κ3) is 3.54. The molecule has 0 radical (unpaired) electrons. The smallest absolute Gasteiger partial charge is 0.255 e. The number of thiazole rings is 1. The maximum absolute atomic E-state index is 13.1. The molecule has 27 heavy (non-hydrogen) atoms. The molecule has 0 fully saturated rings. The van der Waals surface area contributed by atoms with Gasteiger partial charge in [0.15, 0.2) is 5.13 Å². The van der Waals surface area contributed by atoms with Crippen LogP contribution in [0.4, 0.5) is 5.13 Å². The lowest BCUT2D eigenvalue weighted by Gasteiger charge is -2.25. The molecule has 0 unspecified atom stereocenters. The Bertz CT molecular complexity index is 889. The molecule has 1 aliphatic heterocycles. The molecule has 0 bridgehead atoms.